The zero-order valence-electron chi connectivity index (χ0n) is 9.62. The number of rotatable bonds is 4. The van der Waals surface area contributed by atoms with E-state index < -0.39 is 5.97 Å². The van der Waals surface area contributed by atoms with Crippen molar-refractivity contribution in [3.63, 3.8) is 0 Å². The van der Waals surface area contributed by atoms with E-state index in [0.717, 1.165) is 4.90 Å². The van der Waals surface area contributed by atoms with Gasteiger partial charge in [0.1, 0.15) is 5.75 Å². The Morgan fingerprint density at radius 3 is 2.83 bits per heavy atom. The summed E-state index contributed by atoms with van der Waals surface area (Å²) in [6, 6.07) is 6.58. The summed E-state index contributed by atoms with van der Waals surface area (Å²) in [6.07, 6.45) is 1.20. The van der Waals surface area contributed by atoms with Crippen LogP contribution in [-0.2, 0) is 4.74 Å². The summed E-state index contributed by atoms with van der Waals surface area (Å²) in [7, 11) is 0. The van der Waals surface area contributed by atoms with Crippen LogP contribution in [0.4, 0.5) is 0 Å². The summed E-state index contributed by atoms with van der Waals surface area (Å²) >= 11 is 1.27. The number of carbonyl (C=O) groups is 1. The molecule has 0 spiro atoms. The Kier molecular flexibility index (Phi) is 3.88. The third-order valence-corrected chi connectivity index (χ3v) is 3.04. The van der Waals surface area contributed by atoms with E-state index in [-0.39, 0.29) is 18.1 Å². The molecule has 0 aliphatic heterocycles. The van der Waals surface area contributed by atoms with Gasteiger partial charge in [-0.3, -0.25) is 0 Å². The van der Waals surface area contributed by atoms with Gasteiger partial charge < -0.3 is 14.3 Å². The average Bonchev–Trinajstić information content (AvgIpc) is 2.81. The van der Waals surface area contributed by atoms with Gasteiger partial charge in [0.05, 0.1) is 6.61 Å². The van der Waals surface area contributed by atoms with Gasteiger partial charge in [-0.1, -0.05) is 11.8 Å². The lowest BCUT2D eigenvalue weighted by Gasteiger charge is -2.01. The number of phenolic OH excluding ortho intramolecular Hbond substituents is 1. The van der Waals surface area contributed by atoms with Crippen LogP contribution in [-0.4, -0.2) is 22.7 Å². The van der Waals surface area contributed by atoms with Gasteiger partial charge in [0, 0.05) is 4.90 Å². The Hall–Kier alpha value is -1.95. The second-order valence-corrected chi connectivity index (χ2v) is 4.37. The van der Waals surface area contributed by atoms with E-state index in [1.54, 1.807) is 31.2 Å². The SMILES string of the molecule is CCOC(=O)c1ocnc1Sc1ccc(O)cc1. The molecule has 0 radical (unpaired) electrons. The lowest BCUT2D eigenvalue weighted by atomic mass is 10.3. The van der Waals surface area contributed by atoms with Gasteiger partial charge in [-0.2, -0.15) is 0 Å². The van der Waals surface area contributed by atoms with Gasteiger partial charge >= 0.3 is 5.97 Å². The van der Waals surface area contributed by atoms with E-state index in [4.69, 9.17) is 9.15 Å². The van der Waals surface area contributed by atoms with Crippen LogP contribution in [0, 0.1) is 0 Å². The number of esters is 1. The highest BCUT2D eigenvalue weighted by Gasteiger charge is 2.19. The highest BCUT2D eigenvalue weighted by molar-refractivity contribution is 7.99. The van der Waals surface area contributed by atoms with Crippen molar-refractivity contribution in [2.75, 3.05) is 6.61 Å². The van der Waals surface area contributed by atoms with E-state index in [1.807, 2.05) is 0 Å². The summed E-state index contributed by atoms with van der Waals surface area (Å²) < 4.78 is 9.88. The van der Waals surface area contributed by atoms with Gasteiger partial charge in [0.15, 0.2) is 11.4 Å². The number of benzene rings is 1. The van der Waals surface area contributed by atoms with Crippen LogP contribution in [0.2, 0.25) is 0 Å². The standard InChI is InChI=1S/C12H11NO4S/c1-2-16-12(15)10-11(13-7-17-10)18-9-5-3-8(14)4-6-9/h3-7,14H,2H2,1H3. The lowest BCUT2D eigenvalue weighted by Crippen LogP contribution is -2.04. The number of aromatic hydroxyl groups is 1. The fraction of sp³-hybridized carbons (Fsp3) is 0.167. The molecule has 0 fully saturated rings. The normalized spacial score (nSPS) is 10.3. The number of ether oxygens (including phenoxy) is 1. The number of hydrogen-bond donors (Lipinski definition) is 1. The van der Waals surface area contributed by atoms with E-state index in [2.05, 4.69) is 4.98 Å². The van der Waals surface area contributed by atoms with Crippen LogP contribution in [0.25, 0.3) is 0 Å². The first-order chi connectivity index (χ1) is 8.70. The minimum Gasteiger partial charge on any atom is -0.508 e. The fourth-order valence-corrected chi connectivity index (χ4v) is 2.08. The molecule has 1 aromatic heterocycles. The molecule has 0 unspecified atom stereocenters. The predicted molar refractivity (Wildman–Crippen MR) is 64.7 cm³/mol. The van der Waals surface area contributed by atoms with Crippen LogP contribution in [0.5, 0.6) is 5.75 Å². The molecule has 2 rings (SSSR count). The fourth-order valence-electron chi connectivity index (χ4n) is 1.27. The minimum atomic E-state index is -0.531. The molecule has 0 aliphatic carbocycles. The maximum atomic E-state index is 11.6. The topological polar surface area (TPSA) is 72.6 Å². The monoisotopic (exact) mass is 265 g/mol. The van der Waals surface area contributed by atoms with Crippen LogP contribution in [0.15, 0.2) is 45.0 Å². The van der Waals surface area contributed by atoms with Crippen molar-refractivity contribution in [1.82, 2.24) is 4.98 Å². The number of oxazole rings is 1. The molecule has 94 valence electrons. The van der Waals surface area contributed by atoms with Crippen molar-refractivity contribution in [3.8, 4) is 5.75 Å². The molecule has 1 N–H and O–H groups in total. The third kappa shape index (κ3) is 2.84. The number of phenols is 1. The molecule has 0 saturated heterocycles. The van der Waals surface area contributed by atoms with E-state index in [0.29, 0.717) is 5.03 Å². The summed E-state index contributed by atoms with van der Waals surface area (Å²) in [5.74, 6) is -0.253. The van der Waals surface area contributed by atoms with Crippen molar-refractivity contribution < 1.29 is 19.1 Å². The highest BCUT2D eigenvalue weighted by atomic mass is 32.2. The van der Waals surface area contributed by atoms with Crippen LogP contribution in [0.1, 0.15) is 17.5 Å². The van der Waals surface area contributed by atoms with Crippen LogP contribution in [0.3, 0.4) is 0 Å². The molecule has 0 amide bonds. The summed E-state index contributed by atoms with van der Waals surface area (Å²) in [5.41, 5.74) is 0. The third-order valence-electron chi connectivity index (χ3n) is 2.05. The number of aromatic nitrogens is 1. The van der Waals surface area contributed by atoms with Crippen molar-refractivity contribution in [2.24, 2.45) is 0 Å². The molecular formula is C12H11NO4S. The molecular weight excluding hydrogens is 254 g/mol. The van der Waals surface area contributed by atoms with Crippen molar-refractivity contribution in [2.45, 2.75) is 16.8 Å². The summed E-state index contributed by atoms with van der Waals surface area (Å²) in [5, 5.41) is 9.62. The number of carbonyl (C=O) groups excluding carboxylic acids is 1. The van der Waals surface area contributed by atoms with E-state index in [1.165, 1.54) is 18.2 Å². The Labute approximate surface area is 108 Å². The van der Waals surface area contributed by atoms with Gasteiger partial charge in [0.2, 0.25) is 5.76 Å². The molecule has 0 aliphatic rings. The summed E-state index contributed by atoms with van der Waals surface area (Å²) in [6.45, 7) is 2.00. The largest absolute Gasteiger partial charge is 0.508 e. The Morgan fingerprint density at radius 2 is 2.17 bits per heavy atom. The van der Waals surface area contributed by atoms with E-state index in [9.17, 15) is 9.90 Å². The second-order valence-electron chi connectivity index (χ2n) is 3.30. The molecule has 0 saturated carbocycles. The number of nitrogens with zero attached hydrogens (tertiary/aromatic N) is 1. The van der Waals surface area contributed by atoms with Crippen molar-refractivity contribution in [1.29, 1.82) is 0 Å². The Balaban J connectivity index is 2.17. The van der Waals surface area contributed by atoms with Gasteiger partial charge in [0.25, 0.3) is 0 Å². The second kappa shape index (κ2) is 5.59. The molecule has 0 bridgehead atoms. The van der Waals surface area contributed by atoms with Gasteiger partial charge in [-0.15, -0.1) is 0 Å². The van der Waals surface area contributed by atoms with Crippen LogP contribution >= 0.6 is 11.8 Å². The zero-order valence-corrected chi connectivity index (χ0v) is 10.4. The average molecular weight is 265 g/mol. The molecule has 5 nitrogen and oxygen atoms in total. The predicted octanol–water partition coefficient (Wildman–Crippen LogP) is 2.71. The maximum Gasteiger partial charge on any atom is 0.377 e. The Bertz CT molecular complexity index is 535. The van der Waals surface area contributed by atoms with E-state index >= 15 is 0 Å². The lowest BCUT2D eigenvalue weighted by molar-refractivity contribution is 0.0484. The first kappa shape index (κ1) is 12.5. The molecule has 1 aromatic carbocycles. The molecule has 2 aromatic rings. The minimum absolute atomic E-state index is 0.0925. The van der Waals surface area contributed by atoms with Crippen molar-refractivity contribution >= 4 is 17.7 Å². The van der Waals surface area contributed by atoms with Gasteiger partial charge in [-0.05, 0) is 31.2 Å². The highest BCUT2D eigenvalue weighted by Crippen LogP contribution is 2.30. The zero-order chi connectivity index (χ0) is 13.0. The van der Waals surface area contributed by atoms with Crippen LogP contribution < -0.4 is 0 Å². The Morgan fingerprint density at radius 1 is 1.44 bits per heavy atom. The first-order valence-electron chi connectivity index (χ1n) is 5.28. The molecule has 6 heteroatoms. The quantitative estimate of drug-likeness (QED) is 0.857. The van der Waals surface area contributed by atoms with Gasteiger partial charge in [-0.25, -0.2) is 9.78 Å². The molecule has 1 heterocycles. The maximum absolute atomic E-state index is 11.6. The molecule has 0 atom stereocenters. The number of hydrogen-bond acceptors (Lipinski definition) is 6. The summed E-state index contributed by atoms with van der Waals surface area (Å²) in [4.78, 5) is 16.4. The molecule has 18 heavy (non-hydrogen) atoms. The first-order valence-corrected chi connectivity index (χ1v) is 6.10. The smallest absolute Gasteiger partial charge is 0.377 e. The van der Waals surface area contributed by atoms with Crippen molar-refractivity contribution in [3.05, 3.63) is 36.4 Å².